The fraction of sp³-hybridized carbons (Fsp3) is 0.412. The summed E-state index contributed by atoms with van der Waals surface area (Å²) in [6.07, 6.45) is 2.35. The van der Waals surface area contributed by atoms with Crippen LogP contribution in [0.1, 0.15) is 28.9 Å². The van der Waals surface area contributed by atoms with Gasteiger partial charge in [0.1, 0.15) is 0 Å². The maximum absolute atomic E-state index is 12.9. The van der Waals surface area contributed by atoms with Gasteiger partial charge in [-0.1, -0.05) is 18.2 Å². The lowest BCUT2D eigenvalue weighted by Gasteiger charge is -2.27. The third-order valence-electron chi connectivity index (χ3n) is 4.30. The van der Waals surface area contributed by atoms with Crippen LogP contribution in [0.25, 0.3) is 10.9 Å². The van der Waals surface area contributed by atoms with Crippen molar-refractivity contribution in [3.63, 3.8) is 0 Å². The number of aryl methyl sites for hydroxylation is 1. The summed E-state index contributed by atoms with van der Waals surface area (Å²) >= 11 is 0. The maximum Gasteiger partial charge on any atom is 0.254 e. The molecule has 0 radical (unpaired) electrons. The topological polar surface area (TPSA) is 59.2 Å². The average Bonchev–Trinajstić information content (AvgIpc) is 3.31. The van der Waals surface area contributed by atoms with Crippen molar-refractivity contribution in [2.75, 3.05) is 13.6 Å². The molecule has 1 heterocycles. The minimum atomic E-state index is 0.0408. The Balaban J connectivity index is 2.00. The van der Waals surface area contributed by atoms with Crippen LogP contribution in [0.3, 0.4) is 0 Å². The number of likely N-dealkylation sites (N-methyl/N-ethyl adjacent to an activating group) is 1. The molecule has 110 valence electrons. The molecule has 1 aromatic carbocycles. The molecule has 2 aromatic rings. The number of nitrogens with two attached hydrogens (primary N) is 1. The minimum Gasteiger partial charge on any atom is -0.337 e. The summed E-state index contributed by atoms with van der Waals surface area (Å²) in [6.45, 7) is 2.44. The number of fused-ring (bicyclic) bond motifs is 1. The fourth-order valence-electron chi connectivity index (χ4n) is 2.97. The summed E-state index contributed by atoms with van der Waals surface area (Å²) < 4.78 is 0. The van der Waals surface area contributed by atoms with Gasteiger partial charge in [-0.3, -0.25) is 9.78 Å². The van der Waals surface area contributed by atoms with Gasteiger partial charge in [-0.15, -0.1) is 0 Å². The third-order valence-corrected chi connectivity index (χ3v) is 4.30. The molecule has 1 fully saturated rings. The summed E-state index contributed by atoms with van der Waals surface area (Å²) in [5, 5.41) is 0.909. The van der Waals surface area contributed by atoms with Crippen molar-refractivity contribution in [2.24, 2.45) is 11.7 Å². The molecule has 2 N–H and O–H groups in total. The van der Waals surface area contributed by atoms with Crippen molar-refractivity contribution in [3.05, 3.63) is 41.6 Å². The van der Waals surface area contributed by atoms with E-state index in [1.54, 1.807) is 0 Å². The molecular formula is C17H21N3O. The fourth-order valence-corrected chi connectivity index (χ4v) is 2.97. The largest absolute Gasteiger partial charge is 0.337 e. The summed E-state index contributed by atoms with van der Waals surface area (Å²) in [7, 11) is 1.86. The van der Waals surface area contributed by atoms with Gasteiger partial charge in [0.2, 0.25) is 0 Å². The van der Waals surface area contributed by atoms with Gasteiger partial charge in [-0.05, 0) is 37.8 Å². The summed E-state index contributed by atoms with van der Waals surface area (Å²) in [6, 6.07) is 9.81. The number of benzene rings is 1. The van der Waals surface area contributed by atoms with Gasteiger partial charge in [0.25, 0.3) is 5.91 Å². The Morgan fingerprint density at radius 2 is 2.14 bits per heavy atom. The van der Waals surface area contributed by atoms with Crippen molar-refractivity contribution in [2.45, 2.75) is 25.8 Å². The molecule has 4 heteroatoms. The number of carbonyl (C=O) groups is 1. The molecule has 0 aliphatic heterocycles. The quantitative estimate of drug-likeness (QED) is 0.937. The molecule has 1 unspecified atom stereocenters. The van der Waals surface area contributed by atoms with Gasteiger partial charge in [0.05, 0.1) is 11.1 Å². The normalized spacial score (nSPS) is 16.0. The van der Waals surface area contributed by atoms with Crippen molar-refractivity contribution in [3.8, 4) is 0 Å². The second-order valence-corrected chi connectivity index (χ2v) is 5.88. The minimum absolute atomic E-state index is 0.0408. The van der Waals surface area contributed by atoms with E-state index in [-0.39, 0.29) is 11.9 Å². The van der Waals surface area contributed by atoms with Gasteiger partial charge in [0, 0.05) is 30.7 Å². The molecular weight excluding hydrogens is 262 g/mol. The number of hydrogen-bond acceptors (Lipinski definition) is 3. The maximum atomic E-state index is 12.9. The molecule has 1 saturated carbocycles. The van der Waals surface area contributed by atoms with Crippen LogP contribution < -0.4 is 5.73 Å². The van der Waals surface area contributed by atoms with E-state index >= 15 is 0 Å². The lowest BCUT2D eigenvalue weighted by atomic mass is 10.0. The number of hydrogen-bond donors (Lipinski definition) is 1. The van der Waals surface area contributed by atoms with E-state index in [9.17, 15) is 4.79 Å². The van der Waals surface area contributed by atoms with Crippen LogP contribution in [0.5, 0.6) is 0 Å². The predicted molar refractivity (Wildman–Crippen MR) is 84.1 cm³/mol. The number of para-hydroxylation sites is 1. The predicted octanol–water partition coefficient (Wildman–Crippen LogP) is 2.35. The van der Waals surface area contributed by atoms with Gasteiger partial charge >= 0.3 is 0 Å². The van der Waals surface area contributed by atoms with Crippen LogP contribution in [0.4, 0.5) is 0 Å². The van der Waals surface area contributed by atoms with Gasteiger partial charge in [0.15, 0.2) is 0 Å². The third kappa shape index (κ3) is 2.63. The Hall–Kier alpha value is -1.94. The molecule has 1 atom stereocenters. The summed E-state index contributed by atoms with van der Waals surface area (Å²) in [5.41, 5.74) is 8.32. The second kappa shape index (κ2) is 5.45. The first-order valence-electron chi connectivity index (χ1n) is 7.45. The SMILES string of the molecule is Cc1cc(C(=O)N(C)C(CN)C2CC2)c2ccccc2n1. The molecule has 21 heavy (non-hydrogen) atoms. The number of nitrogens with zero attached hydrogens (tertiary/aromatic N) is 2. The highest BCUT2D eigenvalue weighted by Gasteiger charge is 2.35. The first-order valence-corrected chi connectivity index (χ1v) is 7.45. The van der Waals surface area contributed by atoms with Crippen molar-refractivity contribution in [1.29, 1.82) is 0 Å². The molecule has 1 amide bonds. The smallest absolute Gasteiger partial charge is 0.254 e. The van der Waals surface area contributed by atoms with Crippen molar-refractivity contribution >= 4 is 16.8 Å². The molecule has 0 saturated heterocycles. The van der Waals surface area contributed by atoms with Crippen LogP contribution in [-0.2, 0) is 0 Å². The molecule has 1 aromatic heterocycles. The highest BCUT2D eigenvalue weighted by Crippen LogP contribution is 2.35. The van der Waals surface area contributed by atoms with Crippen molar-refractivity contribution in [1.82, 2.24) is 9.88 Å². The zero-order valence-corrected chi connectivity index (χ0v) is 12.5. The lowest BCUT2D eigenvalue weighted by molar-refractivity contribution is 0.0720. The van der Waals surface area contributed by atoms with Gasteiger partial charge < -0.3 is 10.6 Å². The van der Waals surface area contributed by atoms with E-state index in [1.807, 2.05) is 49.2 Å². The summed E-state index contributed by atoms with van der Waals surface area (Å²) in [4.78, 5) is 19.2. The molecule has 3 rings (SSSR count). The Kier molecular flexibility index (Phi) is 3.64. The highest BCUT2D eigenvalue weighted by atomic mass is 16.2. The van der Waals surface area contributed by atoms with E-state index in [4.69, 9.17) is 5.73 Å². The van der Waals surface area contributed by atoms with Crippen LogP contribution in [-0.4, -0.2) is 35.4 Å². The Morgan fingerprint density at radius 1 is 1.43 bits per heavy atom. The molecule has 1 aliphatic carbocycles. The molecule has 0 bridgehead atoms. The van der Waals surface area contributed by atoms with E-state index in [0.29, 0.717) is 12.5 Å². The standard InChI is InChI=1S/C17H21N3O/c1-11-9-14(13-5-3-4-6-15(13)19-11)17(21)20(2)16(10-18)12-7-8-12/h3-6,9,12,16H,7-8,10,18H2,1-2H3. The van der Waals surface area contributed by atoms with E-state index in [1.165, 1.54) is 12.8 Å². The number of rotatable bonds is 4. The first-order chi connectivity index (χ1) is 10.1. The van der Waals surface area contributed by atoms with E-state index in [2.05, 4.69) is 4.98 Å². The number of pyridine rings is 1. The summed E-state index contributed by atoms with van der Waals surface area (Å²) in [5.74, 6) is 0.609. The van der Waals surface area contributed by atoms with E-state index < -0.39 is 0 Å². The van der Waals surface area contributed by atoms with E-state index in [0.717, 1.165) is 22.2 Å². The van der Waals surface area contributed by atoms with Crippen molar-refractivity contribution < 1.29 is 4.79 Å². The van der Waals surface area contributed by atoms with Gasteiger partial charge in [-0.2, -0.15) is 0 Å². The van der Waals surface area contributed by atoms with Crippen LogP contribution in [0.2, 0.25) is 0 Å². The number of carbonyl (C=O) groups excluding carboxylic acids is 1. The zero-order valence-electron chi connectivity index (χ0n) is 12.5. The highest BCUT2D eigenvalue weighted by molar-refractivity contribution is 6.06. The Bertz CT molecular complexity index is 679. The Morgan fingerprint density at radius 3 is 2.81 bits per heavy atom. The lowest BCUT2D eigenvalue weighted by Crippen LogP contribution is -2.43. The molecule has 4 nitrogen and oxygen atoms in total. The van der Waals surface area contributed by atoms with Crippen LogP contribution >= 0.6 is 0 Å². The Labute approximate surface area is 125 Å². The zero-order chi connectivity index (χ0) is 15.0. The monoisotopic (exact) mass is 283 g/mol. The second-order valence-electron chi connectivity index (χ2n) is 5.88. The molecule has 1 aliphatic rings. The van der Waals surface area contributed by atoms with Crippen LogP contribution in [0, 0.1) is 12.8 Å². The number of amides is 1. The first kappa shape index (κ1) is 14.0. The number of aromatic nitrogens is 1. The van der Waals surface area contributed by atoms with Crippen LogP contribution in [0.15, 0.2) is 30.3 Å². The van der Waals surface area contributed by atoms with Gasteiger partial charge in [-0.25, -0.2) is 0 Å². The molecule has 0 spiro atoms. The average molecular weight is 283 g/mol.